The van der Waals surface area contributed by atoms with Gasteiger partial charge in [-0.2, -0.15) is 0 Å². The Labute approximate surface area is 184 Å². The predicted octanol–water partition coefficient (Wildman–Crippen LogP) is 4.20. The van der Waals surface area contributed by atoms with Crippen LogP contribution >= 0.6 is 0 Å². The highest BCUT2D eigenvalue weighted by Crippen LogP contribution is 2.36. The highest BCUT2D eigenvalue weighted by atomic mass is 19.1. The zero-order chi connectivity index (χ0) is 22.6. The van der Waals surface area contributed by atoms with Crippen molar-refractivity contribution in [3.8, 4) is 5.75 Å². The average molecular weight is 428 g/mol. The number of esters is 1. The molecule has 0 amide bonds. The Morgan fingerprint density at radius 1 is 1.03 bits per heavy atom. The number of halogens is 1. The molecule has 5 nitrogen and oxygen atoms in total. The fourth-order valence-corrected chi connectivity index (χ4v) is 3.29. The Balaban J connectivity index is 1.66. The third-order valence-electron chi connectivity index (χ3n) is 5.85. The van der Waals surface area contributed by atoms with Gasteiger partial charge in [0.2, 0.25) is 0 Å². The third-order valence-corrected chi connectivity index (χ3v) is 5.85. The molecule has 0 spiro atoms. The van der Waals surface area contributed by atoms with Gasteiger partial charge in [-0.05, 0) is 81.9 Å². The molecule has 1 heterocycles. The van der Waals surface area contributed by atoms with Gasteiger partial charge in [-0.3, -0.25) is 4.79 Å². The lowest BCUT2D eigenvalue weighted by Gasteiger charge is -2.32. The van der Waals surface area contributed by atoms with Crippen LogP contribution in [0.4, 0.5) is 4.39 Å². The van der Waals surface area contributed by atoms with Gasteiger partial charge in [0.25, 0.3) is 0 Å². The minimum absolute atomic E-state index is 0.180. The lowest BCUT2D eigenvalue weighted by molar-refractivity contribution is -0.143. The number of ether oxygens (including phenoxy) is 2. The molecule has 0 aliphatic carbocycles. The van der Waals surface area contributed by atoms with Crippen molar-refractivity contribution in [2.45, 2.75) is 65.3 Å². The summed E-state index contributed by atoms with van der Waals surface area (Å²) in [5.41, 5.74) is 1.48. The zero-order valence-corrected chi connectivity index (χ0v) is 18.9. The van der Waals surface area contributed by atoms with E-state index in [9.17, 15) is 9.18 Å². The molecule has 0 bridgehead atoms. The van der Waals surface area contributed by atoms with E-state index in [1.165, 1.54) is 12.1 Å². The van der Waals surface area contributed by atoms with E-state index in [2.05, 4.69) is 0 Å². The summed E-state index contributed by atoms with van der Waals surface area (Å²) >= 11 is 0. The van der Waals surface area contributed by atoms with Crippen molar-refractivity contribution in [1.29, 1.82) is 0 Å². The van der Waals surface area contributed by atoms with E-state index in [0.29, 0.717) is 30.8 Å². The summed E-state index contributed by atoms with van der Waals surface area (Å²) < 4.78 is 37.0. The van der Waals surface area contributed by atoms with Crippen molar-refractivity contribution in [1.82, 2.24) is 0 Å². The quantitative estimate of drug-likeness (QED) is 0.466. The first-order valence-electron chi connectivity index (χ1n) is 10.6. The van der Waals surface area contributed by atoms with Crippen molar-refractivity contribution < 1.29 is 28.0 Å². The fourth-order valence-electron chi connectivity index (χ4n) is 3.29. The Morgan fingerprint density at radius 2 is 1.68 bits per heavy atom. The van der Waals surface area contributed by atoms with Crippen LogP contribution in [0.25, 0.3) is 0 Å². The number of carbonyl (C=O) groups excluding carboxylic acids is 1. The maximum atomic E-state index is 13.9. The van der Waals surface area contributed by atoms with Crippen LogP contribution in [0.5, 0.6) is 5.75 Å². The van der Waals surface area contributed by atoms with Crippen LogP contribution in [0, 0.1) is 5.82 Å². The van der Waals surface area contributed by atoms with Crippen molar-refractivity contribution >= 4 is 18.6 Å². The number of hydrogen-bond acceptors (Lipinski definition) is 5. The van der Waals surface area contributed by atoms with E-state index in [4.69, 9.17) is 18.8 Å². The second-order valence-corrected chi connectivity index (χ2v) is 8.67. The van der Waals surface area contributed by atoms with E-state index in [1.54, 1.807) is 13.0 Å². The zero-order valence-electron chi connectivity index (χ0n) is 18.9. The van der Waals surface area contributed by atoms with Gasteiger partial charge in [0.05, 0.1) is 17.8 Å². The van der Waals surface area contributed by atoms with E-state index in [1.807, 2.05) is 52.0 Å². The van der Waals surface area contributed by atoms with Gasteiger partial charge in [0, 0.05) is 6.42 Å². The van der Waals surface area contributed by atoms with E-state index < -0.39 is 18.3 Å². The van der Waals surface area contributed by atoms with Crippen molar-refractivity contribution in [3.05, 3.63) is 59.4 Å². The molecule has 1 aliphatic rings. The first-order valence-corrected chi connectivity index (χ1v) is 10.6. The molecule has 2 aromatic rings. The molecule has 166 valence electrons. The molecule has 0 aromatic heterocycles. The van der Waals surface area contributed by atoms with Crippen LogP contribution < -0.4 is 10.2 Å². The number of carbonyl (C=O) groups is 1. The molecule has 1 aliphatic heterocycles. The Morgan fingerprint density at radius 3 is 2.29 bits per heavy atom. The van der Waals surface area contributed by atoms with Crippen LogP contribution in [-0.4, -0.2) is 30.9 Å². The molecule has 0 saturated carbocycles. The molecule has 1 fully saturated rings. The molecular weight excluding hydrogens is 398 g/mol. The second-order valence-electron chi connectivity index (χ2n) is 8.67. The van der Waals surface area contributed by atoms with Gasteiger partial charge in [-0.1, -0.05) is 18.2 Å². The lowest BCUT2D eigenvalue weighted by atomic mass is 9.76. The Bertz CT molecular complexity index is 895. The minimum atomic E-state index is -0.588. The summed E-state index contributed by atoms with van der Waals surface area (Å²) in [6.07, 6.45) is 0.948. The maximum Gasteiger partial charge on any atom is 0.495 e. The van der Waals surface area contributed by atoms with E-state index in [-0.39, 0.29) is 18.4 Å². The molecular formula is C24H30BFO5. The van der Waals surface area contributed by atoms with Crippen LogP contribution in [0.3, 0.4) is 0 Å². The number of rotatable bonds is 8. The Kier molecular flexibility index (Phi) is 7.07. The van der Waals surface area contributed by atoms with Crippen molar-refractivity contribution in [2.24, 2.45) is 0 Å². The molecule has 2 aromatic carbocycles. The van der Waals surface area contributed by atoms with Crippen LogP contribution in [-0.2, 0) is 31.9 Å². The van der Waals surface area contributed by atoms with Crippen LogP contribution in [0.1, 0.15) is 52.2 Å². The first kappa shape index (κ1) is 23.3. The topological polar surface area (TPSA) is 54.0 Å². The second kappa shape index (κ2) is 9.41. The van der Waals surface area contributed by atoms with Crippen molar-refractivity contribution in [3.63, 3.8) is 0 Å². The smallest absolute Gasteiger partial charge is 0.489 e. The summed E-state index contributed by atoms with van der Waals surface area (Å²) in [5.74, 6) is 0.112. The van der Waals surface area contributed by atoms with Gasteiger partial charge in [0.1, 0.15) is 18.2 Å². The molecule has 3 rings (SSSR count). The fraction of sp³-hybridized carbons (Fsp3) is 0.458. The van der Waals surface area contributed by atoms with Gasteiger partial charge < -0.3 is 18.8 Å². The predicted molar refractivity (Wildman–Crippen MR) is 118 cm³/mol. The molecule has 0 N–H and O–H groups in total. The standard InChI is InChI=1S/C24H30BFO5/c1-6-28-22(27)14-9-17-7-11-20(12-8-17)29-16-18-15-19(26)10-13-21(18)25-30-23(2,3)24(4,5)31-25/h7-8,10-13,15H,6,9,14,16H2,1-5H3. The lowest BCUT2D eigenvalue weighted by Crippen LogP contribution is -2.41. The van der Waals surface area contributed by atoms with E-state index in [0.717, 1.165) is 11.0 Å². The van der Waals surface area contributed by atoms with Gasteiger partial charge >= 0.3 is 13.1 Å². The molecule has 1 saturated heterocycles. The van der Waals surface area contributed by atoms with Crippen LogP contribution in [0.15, 0.2) is 42.5 Å². The molecule has 0 radical (unpaired) electrons. The third kappa shape index (κ3) is 5.66. The van der Waals surface area contributed by atoms with Gasteiger partial charge in [0.15, 0.2) is 0 Å². The van der Waals surface area contributed by atoms with Crippen molar-refractivity contribution in [2.75, 3.05) is 6.61 Å². The highest BCUT2D eigenvalue weighted by molar-refractivity contribution is 6.62. The van der Waals surface area contributed by atoms with Crippen LogP contribution in [0.2, 0.25) is 0 Å². The summed E-state index contributed by atoms with van der Waals surface area (Å²) in [4.78, 5) is 11.5. The summed E-state index contributed by atoms with van der Waals surface area (Å²) in [6.45, 7) is 10.3. The molecule has 7 heteroatoms. The molecule has 31 heavy (non-hydrogen) atoms. The average Bonchev–Trinajstić information content (AvgIpc) is 2.93. The molecule has 0 atom stereocenters. The maximum absolute atomic E-state index is 13.9. The normalized spacial score (nSPS) is 16.9. The Hall–Kier alpha value is -2.38. The SMILES string of the molecule is CCOC(=O)CCc1ccc(OCc2cc(F)ccc2B2OC(C)(C)C(C)(C)O2)cc1. The van der Waals surface area contributed by atoms with Gasteiger partial charge in [-0.15, -0.1) is 0 Å². The summed E-state index contributed by atoms with van der Waals surface area (Å²) in [7, 11) is -0.588. The molecule has 0 unspecified atom stereocenters. The highest BCUT2D eigenvalue weighted by Gasteiger charge is 2.52. The summed E-state index contributed by atoms with van der Waals surface area (Å²) in [6, 6.07) is 12.1. The van der Waals surface area contributed by atoms with Gasteiger partial charge in [-0.25, -0.2) is 4.39 Å². The largest absolute Gasteiger partial charge is 0.495 e. The van der Waals surface area contributed by atoms with E-state index >= 15 is 0 Å². The minimum Gasteiger partial charge on any atom is -0.489 e. The first-order chi connectivity index (χ1) is 14.6. The number of aryl methyl sites for hydroxylation is 1. The number of hydrogen-bond donors (Lipinski definition) is 0. The number of benzene rings is 2. The monoisotopic (exact) mass is 428 g/mol. The summed E-state index contributed by atoms with van der Waals surface area (Å²) in [5, 5.41) is 0.